The van der Waals surface area contributed by atoms with Gasteiger partial charge in [-0.3, -0.25) is 9.89 Å². The van der Waals surface area contributed by atoms with E-state index in [4.69, 9.17) is 4.74 Å². The molecular formula is C22H19N3O3. The first-order valence-electron chi connectivity index (χ1n) is 9.39. The number of carbonyl (C=O) groups is 2. The number of ether oxygens (including phenoxy) is 1. The predicted molar refractivity (Wildman–Crippen MR) is 103 cm³/mol. The molecular weight excluding hydrogens is 354 g/mol. The van der Waals surface area contributed by atoms with Crippen LogP contribution in [0.3, 0.4) is 0 Å². The van der Waals surface area contributed by atoms with Crippen molar-refractivity contribution < 1.29 is 14.3 Å². The van der Waals surface area contributed by atoms with Crippen LogP contribution in [0.1, 0.15) is 39.3 Å². The van der Waals surface area contributed by atoms with E-state index in [1.54, 1.807) is 17.0 Å². The molecule has 0 bridgehead atoms. The van der Waals surface area contributed by atoms with Crippen LogP contribution in [0.25, 0.3) is 11.3 Å². The van der Waals surface area contributed by atoms with Crippen molar-refractivity contribution in [3.05, 3.63) is 77.5 Å². The smallest absolute Gasteiger partial charge is 0.339 e. The maximum atomic E-state index is 12.9. The van der Waals surface area contributed by atoms with Crippen LogP contribution < -0.4 is 0 Å². The van der Waals surface area contributed by atoms with Crippen molar-refractivity contribution in [2.45, 2.75) is 18.4 Å². The zero-order chi connectivity index (χ0) is 19.1. The van der Waals surface area contributed by atoms with Gasteiger partial charge in [-0.05, 0) is 12.1 Å². The Balaban J connectivity index is 1.32. The number of likely N-dealkylation sites (tertiary alicyclic amines) is 1. The molecule has 0 radical (unpaired) electrons. The average molecular weight is 373 g/mol. The predicted octanol–water partition coefficient (Wildman–Crippen LogP) is 3.38. The number of H-pyrrole nitrogens is 1. The molecule has 1 aromatic heterocycles. The van der Waals surface area contributed by atoms with Crippen LogP contribution in [0, 0.1) is 0 Å². The van der Waals surface area contributed by atoms with Gasteiger partial charge in [0.1, 0.15) is 11.3 Å². The lowest BCUT2D eigenvalue weighted by Crippen LogP contribution is -2.45. The Bertz CT molecular complexity index is 1050. The van der Waals surface area contributed by atoms with Crippen molar-refractivity contribution in [3.8, 4) is 11.3 Å². The van der Waals surface area contributed by atoms with Crippen molar-refractivity contribution in [1.29, 1.82) is 0 Å². The van der Waals surface area contributed by atoms with E-state index in [-0.39, 0.29) is 11.9 Å². The Hall–Kier alpha value is -3.41. The van der Waals surface area contributed by atoms with Gasteiger partial charge in [0.05, 0.1) is 11.3 Å². The third-order valence-corrected chi connectivity index (χ3v) is 5.66. The molecule has 1 amide bonds. The maximum absolute atomic E-state index is 12.9. The fraction of sp³-hybridized carbons (Fsp3) is 0.227. The molecule has 140 valence electrons. The molecule has 2 aliphatic heterocycles. The second-order valence-electron chi connectivity index (χ2n) is 7.25. The standard InChI is InChI=1S/C22H19N3O3/c26-20(19-14-18(23-24-19)15-6-2-1-3-7-15)25-12-10-22(11-13-25)17-9-5-4-8-16(17)21(27)28-22/h1-9,14H,10-13H2,(H,23,24). The lowest BCUT2D eigenvalue weighted by atomic mass is 9.83. The van der Waals surface area contributed by atoms with Gasteiger partial charge in [0, 0.05) is 37.1 Å². The number of carbonyl (C=O) groups excluding carboxylic acids is 2. The van der Waals surface area contributed by atoms with Crippen molar-refractivity contribution in [2.75, 3.05) is 13.1 Å². The van der Waals surface area contributed by atoms with Crippen LogP contribution >= 0.6 is 0 Å². The Morgan fingerprint density at radius 1 is 1.04 bits per heavy atom. The maximum Gasteiger partial charge on any atom is 0.339 e. The van der Waals surface area contributed by atoms with Crippen LogP contribution in [0.2, 0.25) is 0 Å². The Morgan fingerprint density at radius 3 is 2.54 bits per heavy atom. The van der Waals surface area contributed by atoms with Gasteiger partial charge in [0.2, 0.25) is 0 Å². The summed E-state index contributed by atoms with van der Waals surface area (Å²) in [7, 11) is 0. The molecule has 3 aromatic rings. The first-order chi connectivity index (χ1) is 13.7. The summed E-state index contributed by atoms with van der Waals surface area (Å²) in [6, 6.07) is 19.1. The van der Waals surface area contributed by atoms with Crippen LogP contribution in [-0.4, -0.2) is 40.1 Å². The Morgan fingerprint density at radius 2 is 1.75 bits per heavy atom. The quantitative estimate of drug-likeness (QED) is 0.699. The van der Waals surface area contributed by atoms with E-state index in [2.05, 4.69) is 10.2 Å². The molecule has 0 unspecified atom stereocenters. The first-order valence-corrected chi connectivity index (χ1v) is 9.39. The molecule has 2 aliphatic rings. The van der Waals surface area contributed by atoms with Gasteiger partial charge in [-0.2, -0.15) is 5.10 Å². The minimum atomic E-state index is -0.604. The van der Waals surface area contributed by atoms with Crippen LogP contribution in [0.5, 0.6) is 0 Å². The fourth-order valence-electron chi connectivity index (χ4n) is 4.15. The summed E-state index contributed by atoms with van der Waals surface area (Å²) in [6.45, 7) is 1.06. The second kappa shape index (κ2) is 6.34. The topological polar surface area (TPSA) is 75.3 Å². The molecule has 28 heavy (non-hydrogen) atoms. The minimum absolute atomic E-state index is 0.0814. The van der Waals surface area contributed by atoms with Gasteiger partial charge in [-0.25, -0.2) is 4.79 Å². The number of esters is 1. The number of benzene rings is 2. The van der Waals surface area contributed by atoms with Crippen molar-refractivity contribution in [2.24, 2.45) is 0 Å². The number of nitrogens with zero attached hydrogens (tertiary/aromatic N) is 2. The van der Waals surface area contributed by atoms with Gasteiger partial charge in [0.25, 0.3) is 5.91 Å². The van der Waals surface area contributed by atoms with Crippen LogP contribution in [0.4, 0.5) is 0 Å². The summed E-state index contributed by atoms with van der Waals surface area (Å²) < 4.78 is 5.76. The number of aromatic nitrogens is 2. The normalized spacial score (nSPS) is 17.4. The SMILES string of the molecule is O=C1OC2(CCN(C(=O)c3cc(-c4ccccc4)n[nH]3)CC2)c2ccccc21. The number of nitrogens with one attached hydrogen (secondary N) is 1. The van der Waals surface area contributed by atoms with Crippen molar-refractivity contribution in [1.82, 2.24) is 15.1 Å². The second-order valence-corrected chi connectivity index (χ2v) is 7.25. The van der Waals surface area contributed by atoms with Gasteiger partial charge >= 0.3 is 5.97 Å². The van der Waals surface area contributed by atoms with E-state index < -0.39 is 5.60 Å². The van der Waals surface area contributed by atoms with E-state index >= 15 is 0 Å². The van der Waals surface area contributed by atoms with E-state index in [1.807, 2.05) is 48.5 Å². The summed E-state index contributed by atoms with van der Waals surface area (Å²) in [5.41, 5.74) is 3.16. The number of fused-ring (bicyclic) bond motifs is 2. The van der Waals surface area contributed by atoms with Crippen molar-refractivity contribution >= 4 is 11.9 Å². The molecule has 1 fully saturated rings. The average Bonchev–Trinajstić information content (AvgIpc) is 3.34. The molecule has 5 rings (SSSR count). The summed E-state index contributed by atoms with van der Waals surface area (Å²) in [6.07, 6.45) is 1.20. The number of piperidine rings is 1. The van der Waals surface area contributed by atoms with Crippen molar-refractivity contribution in [3.63, 3.8) is 0 Å². The molecule has 2 aromatic carbocycles. The summed E-state index contributed by atoms with van der Waals surface area (Å²) in [4.78, 5) is 26.9. The van der Waals surface area contributed by atoms with Gasteiger partial charge in [-0.15, -0.1) is 0 Å². The zero-order valence-electron chi connectivity index (χ0n) is 15.2. The molecule has 6 nitrogen and oxygen atoms in total. The van der Waals surface area contributed by atoms with E-state index in [0.717, 1.165) is 16.8 Å². The van der Waals surface area contributed by atoms with E-state index in [1.165, 1.54) is 0 Å². The molecule has 0 atom stereocenters. The zero-order valence-corrected chi connectivity index (χ0v) is 15.2. The number of hydrogen-bond acceptors (Lipinski definition) is 4. The number of rotatable bonds is 2. The van der Waals surface area contributed by atoms with Gasteiger partial charge in [-0.1, -0.05) is 48.5 Å². The van der Waals surface area contributed by atoms with Crippen LogP contribution in [0.15, 0.2) is 60.7 Å². The minimum Gasteiger partial charge on any atom is -0.450 e. The lowest BCUT2D eigenvalue weighted by molar-refractivity contribution is -0.0390. The number of amides is 1. The summed E-state index contributed by atoms with van der Waals surface area (Å²) in [5.74, 6) is -0.349. The third kappa shape index (κ3) is 2.60. The monoisotopic (exact) mass is 373 g/mol. The fourth-order valence-corrected chi connectivity index (χ4v) is 4.15. The molecule has 0 aliphatic carbocycles. The molecule has 1 spiro atoms. The summed E-state index contributed by atoms with van der Waals surface area (Å²) in [5, 5.41) is 7.13. The van der Waals surface area contributed by atoms with E-state index in [0.29, 0.717) is 37.2 Å². The molecule has 3 heterocycles. The van der Waals surface area contributed by atoms with Crippen LogP contribution in [-0.2, 0) is 10.3 Å². The Labute approximate surface area is 162 Å². The molecule has 1 N–H and O–H groups in total. The van der Waals surface area contributed by atoms with E-state index in [9.17, 15) is 9.59 Å². The lowest BCUT2D eigenvalue weighted by Gasteiger charge is -2.38. The van der Waals surface area contributed by atoms with Gasteiger partial charge in [0.15, 0.2) is 0 Å². The molecule has 1 saturated heterocycles. The highest BCUT2D eigenvalue weighted by Crippen LogP contribution is 2.44. The largest absolute Gasteiger partial charge is 0.450 e. The van der Waals surface area contributed by atoms with Gasteiger partial charge < -0.3 is 9.64 Å². The highest BCUT2D eigenvalue weighted by molar-refractivity contribution is 5.95. The third-order valence-electron chi connectivity index (χ3n) is 5.66. The molecule has 0 saturated carbocycles. The Kier molecular flexibility index (Phi) is 3.79. The summed E-state index contributed by atoms with van der Waals surface area (Å²) >= 11 is 0. The first kappa shape index (κ1) is 16.7. The highest BCUT2D eigenvalue weighted by atomic mass is 16.6. The number of hydrogen-bond donors (Lipinski definition) is 1. The molecule has 6 heteroatoms. The number of aromatic amines is 1. The highest BCUT2D eigenvalue weighted by Gasteiger charge is 2.47.